The second-order valence-corrected chi connectivity index (χ2v) is 5.97. The molecule has 0 unspecified atom stereocenters. The number of carbonyl (C=O) groups is 1. The number of H-pyrrole nitrogens is 1. The number of anilines is 2. The maximum Gasteiger partial charge on any atom is 0.261 e. The van der Waals surface area contributed by atoms with E-state index in [2.05, 4.69) is 10.3 Å². The van der Waals surface area contributed by atoms with Crippen LogP contribution in [0.3, 0.4) is 0 Å². The molecule has 2 aromatic rings. The Labute approximate surface area is 149 Å². The number of benzene rings is 1. The highest BCUT2D eigenvalue weighted by atomic mass is 35.5. The molecule has 1 aromatic carbocycles. The van der Waals surface area contributed by atoms with E-state index in [1.807, 2.05) is 0 Å². The zero-order valence-electron chi connectivity index (χ0n) is 13.4. The lowest BCUT2D eigenvalue weighted by Crippen LogP contribution is -2.26. The van der Waals surface area contributed by atoms with Gasteiger partial charge in [0.1, 0.15) is 5.56 Å². The van der Waals surface area contributed by atoms with Crippen molar-refractivity contribution in [3.8, 4) is 11.5 Å². The van der Waals surface area contributed by atoms with Gasteiger partial charge in [-0.15, -0.1) is 12.4 Å². The van der Waals surface area contributed by atoms with Crippen LogP contribution in [0.2, 0.25) is 0 Å². The van der Waals surface area contributed by atoms with Crippen molar-refractivity contribution >= 4 is 29.7 Å². The van der Waals surface area contributed by atoms with E-state index in [-0.39, 0.29) is 30.3 Å². The topological polar surface area (TPSA) is 106 Å². The lowest BCUT2D eigenvalue weighted by molar-refractivity contribution is 0.102. The molecule has 4 N–H and O–H groups in total. The minimum absolute atomic E-state index is 0. The highest BCUT2D eigenvalue weighted by molar-refractivity contribution is 6.06. The molecule has 0 saturated carbocycles. The fourth-order valence-corrected chi connectivity index (χ4v) is 3.10. The molecule has 0 atom stereocenters. The number of aromatic amines is 1. The Bertz CT molecular complexity index is 894. The summed E-state index contributed by atoms with van der Waals surface area (Å²) < 4.78 is 10.5. The van der Waals surface area contributed by atoms with Crippen LogP contribution in [0.5, 0.6) is 11.5 Å². The maximum absolute atomic E-state index is 12.5. The van der Waals surface area contributed by atoms with Crippen molar-refractivity contribution in [2.45, 2.75) is 25.7 Å². The molecule has 1 aliphatic carbocycles. The second-order valence-electron chi connectivity index (χ2n) is 5.97. The summed E-state index contributed by atoms with van der Waals surface area (Å²) in [5.74, 6) is 0.561. The molecule has 2 heterocycles. The van der Waals surface area contributed by atoms with Crippen LogP contribution in [0.15, 0.2) is 23.0 Å². The Morgan fingerprint density at radius 1 is 1.12 bits per heavy atom. The fraction of sp³-hybridized carbons (Fsp3) is 0.294. The van der Waals surface area contributed by atoms with Gasteiger partial charge in [0, 0.05) is 17.8 Å². The van der Waals surface area contributed by atoms with Gasteiger partial charge in [0.25, 0.3) is 11.5 Å². The first-order valence-corrected chi connectivity index (χ1v) is 7.87. The van der Waals surface area contributed by atoms with E-state index < -0.39 is 5.91 Å². The monoisotopic (exact) mass is 363 g/mol. The normalized spacial score (nSPS) is 14.4. The second kappa shape index (κ2) is 6.68. The van der Waals surface area contributed by atoms with Gasteiger partial charge in [-0.1, -0.05) is 0 Å². The number of nitrogen functional groups attached to an aromatic ring is 1. The van der Waals surface area contributed by atoms with Crippen molar-refractivity contribution in [1.29, 1.82) is 0 Å². The van der Waals surface area contributed by atoms with Gasteiger partial charge in [0.2, 0.25) is 6.79 Å². The summed E-state index contributed by atoms with van der Waals surface area (Å²) in [6.45, 7) is 0.122. The number of amides is 1. The molecule has 1 aliphatic heterocycles. The summed E-state index contributed by atoms with van der Waals surface area (Å²) >= 11 is 0. The predicted molar refractivity (Wildman–Crippen MR) is 95.9 cm³/mol. The average molecular weight is 364 g/mol. The number of hydrogen-bond acceptors (Lipinski definition) is 5. The first kappa shape index (κ1) is 17.2. The third kappa shape index (κ3) is 3.15. The third-order valence-electron chi connectivity index (χ3n) is 4.38. The Balaban J connectivity index is 0.00000182. The zero-order valence-corrected chi connectivity index (χ0v) is 14.2. The smallest absolute Gasteiger partial charge is 0.261 e. The molecule has 2 aliphatic rings. The lowest BCUT2D eigenvalue weighted by atomic mass is 9.95. The van der Waals surface area contributed by atoms with Crippen LogP contribution in [0.25, 0.3) is 0 Å². The van der Waals surface area contributed by atoms with Crippen molar-refractivity contribution in [3.63, 3.8) is 0 Å². The standard InChI is InChI=1S/C17H17N3O4.ClH/c18-11-6-14-15(24-8-23-14)7-13(11)20-17(22)10-5-9-3-1-2-4-12(9)19-16(10)21;/h5-7H,1-4,8,18H2,(H,19,21)(H,20,22);1H. The highest BCUT2D eigenvalue weighted by Gasteiger charge is 2.20. The quantitative estimate of drug-likeness (QED) is 0.709. The molecule has 8 heteroatoms. The van der Waals surface area contributed by atoms with E-state index in [1.54, 1.807) is 18.2 Å². The summed E-state index contributed by atoms with van der Waals surface area (Å²) in [4.78, 5) is 27.5. The van der Waals surface area contributed by atoms with Gasteiger partial charge in [0.05, 0.1) is 11.4 Å². The number of aromatic nitrogens is 1. The molecule has 1 amide bonds. The van der Waals surface area contributed by atoms with E-state index in [9.17, 15) is 9.59 Å². The van der Waals surface area contributed by atoms with Gasteiger partial charge in [-0.2, -0.15) is 0 Å². The molecule has 0 fully saturated rings. The van der Waals surface area contributed by atoms with E-state index in [0.29, 0.717) is 22.9 Å². The van der Waals surface area contributed by atoms with Gasteiger partial charge in [0.15, 0.2) is 11.5 Å². The zero-order chi connectivity index (χ0) is 16.7. The molecular weight excluding hydrogens is 346 g/mol. The van der Waals surface area contributed by atoms with E-state index in [0.717, 1.165) is 36.9 Å². The number of fused-ring (bicyclic) bond motifs is 2. The van der Waals surface area contributed by atoms with Crippen LogP contribution in [0.1, 0.15) is 34.5 Å². The first-order valence-electron chi connectivity index (χ1n) is 7.87. The molecule has 0 spiro atoms. The summed E-state index contributed by atoms with van der Waals surface area (Å²) in [5, 5.41) is 2.68. The number of nitrogens with two attached hydrogens (primary N) is 1. The molecule has 0 bridgehead atoms. The Morgan fingerprint density at radius 2 is 1.84 bits per heavy atom. The summed E-state index contributed by atoms with van der Waals surface area (Å²) in [7, 11) is 0. The van der Waals surface area contributed by atoms with Crippen molar-refractivity contribution in [3.05, 3.63) is 45.4 Å². The maximum atomic E-state index is 12.5. The van der Waals surface area contributed by atoms with Gasteiger partial charge in [-0.25, -0.2) is 0 Å². The Morgan fingerprint density at radius 3 is 2.64 bits per heavy atom. The lowest BCUT2D eigenvalue weighted by Gasteiger charge is -2.16. The Kier molecular flexibility index (Phi) is 4.59. The van der Waals surface area contributed by atoms with Crippen molar-refractivity contribution in [2.24, 2.45) is 0 Å². The third-order valence-corrected chi connectivity index (χ3v) is 4.38. The average Bonchev–Trinajstić information content (AvgIpc) is 3.01. The molecule has 4 rings (SSSR count). The molecule has 132 valence electrons. The van der Waals surface area contributed by atoms with Crippen LogP contribution in [0.4, 0.5) is 11.4 Å². The first-order chi connectivity index (χ1) is 11.6. The van der Waals surface area contributed by atoms with E-state index in [4.69, 9.17) is 15.2 Å². The van der Waals surface area contributed by atoms with Gasteiger partial charge in [-0.05, 0) is 37.3 Å². The van der Waals surface area contributed by atoms with Gasteiger partial charge >= 0.3 is 0 Å². The number of halogens is 1. The van der Waals surface area contributed by atoms with Crippen molar-refractivity contribution in [2.75, 3.05) is 17.8 Å². The van der Waals surface area contributed by atoms with Crippen molar-refractivity contribution < 1.29 is 14.3 Å². The number of aryl methyl sites for hydroxylation is 2. The summed E-state index contributed by atoms with van der Waals surface area (Å²) in [6, 6.07) is 4.88. The van der Waals surface area contributed by atoms with Crippen LogP contribution in [0, 0.1) is 0 Å². The van der Waals surface area contributed by atoms with Crippen LogP contribution < -0.4 is 26.1 Å². The fourth-order valence-electron chi connectivity index (χ4n) is 3.10. The number of rotatable bonds is 2. The molecular formula is C17H18ClN3O4. The largest absolute Gasteiger partial charge is 0.454 e. The van der Waals surface area contributed by atoms with E-state index in [1.165, 1.54) is 0 Å². The molecule has 25 heavy (non-hydrogen) atoms. The molecule has 0 radical (unpaired) electrons. The van der Waals surface area contributed by atoms with Crippen LogP contribution in [-0.2, 0) is 12.8 Å². The van der Waals surface area contributed by atoms with Gasteiger partial charge < -0.3 is 25.5 Å². The number of ether oxygens (including phenoxy) is 2. The van der Waals surface area contributed by atoms with Crippen molar-refractivity contribution in [1.82, 2.24) is 4.98 Å². The Hall–Kier alpha value is -2.67. The number of nitrogens with one attached hydrogen (secondary N) is 2. The van der Waals surface area contributed by atoms with E-state index >= 15 is 0 Å². The predicted octanol–water partition coefficient (Wildman–Crippen LogP) is 2.24. The molecule has 7 nitrogen and oxygen atoms in total. The number of carbonyl (C=O) groups excluding carboxylic acids is 1. The summed E-state index contributed by atoms with van der Waals surface area (Å²) in [5.41, 5.74) is 8.35. The minimum Gasteiger partial charge on any atom is -0.454 e. The number of pyridine rings is 1. The molecule has 0 saturated heterocycles. The minimum atomic E-state index is -0.491. The van der Waals surface area contributed by atoms with Gasteiger partial charge in [-0.3, -0.25) is 9.59 Å². The highest BCUT2D eigenvalue weighted by Crippen LogP contribution is 2.38. The van der Waals surface area contributed by atoms with Crippen LogP contribution >= 0.6 is 12.4 Å². The number of hydrogen-bond donors (Lipinski definition) is 3. The molecule has 1 aromatic heterocycles. The summed E-state index contributed by atoms with van der Waals surface area (Å²) in [6.07, 6.45) is 3.84. The SMILES string of the molecule is Cl.Nc1cc2c(cc1NC(=O)c1cc3c([nH]c1=O)CCCC3)OCO2. The van der Waals surface area contributed by atoms with Crippen LogP contribution in [-0.4, -0.2) is 17.7 Å².